The number of ether oxygens (including phenoxy) is 2. The molecule has 0 aliphatic heterocycles. The van der Waals surface area contributed by atoms with Crippen LogP contribution in [0.15, 0.2) is 58.1 Å². The molecule has 27 heavy (non-hydrogen) atoms. The van der Waals surface area contributed by atoms with Gasteiger partial charge in [0.25, 0.3) is 0 Å². The Morgan fingerprint density at radius 2 is 2.04 bits per heavy atom. The van der Waals surface area contributed by atoms with E-state index in [4.69, 9.17) is 21.7 Å². The summed E-state index contributed by atoms with van der Waals surface area (Å²) in [5.41, 5.74) is 0.899. The Labute approximate surface area is 171 Å². The molecule has 0 radical (unpaired) electrons. The summed E-state index contributed by atoms with van der Waals surface area (Å²) in [7, 11) is 0. The number of aromatic nitrogens is 3. The third kappa shape index (κ3) is 5.27. The minimum Gasteiger partial charge on any atom is -0.490 e. The molecular weight excluding hydrogens is 428 g/mol. The third-order valence-electron chi connectivity index (χ3n) is 3.47. The molecule has 0 fully saturated rings. The number of para-hydroxylation sites is 1. The maximum absolute atomic E-state index is 5.72. The summed E-state index contributed by atoms with van der Waals surface area (Å²) < 4.78 is 14.3. The second-order valence-electron chi connectivity index (χ2n) is 5.96. The molecule has 8 heteroatoms. The largest absolute Gasteiger partial charge is 0.490 e. The van der Waals surface area contributed by atoms with E-state index in [-0.39, 0.29) is 12.7 Å². The summed E-state index contributed by atoms with van der Waals surface area (Å²) in [4.78, 5) is 0. The minimum atomic E-state index is 0.109. The van der Waals surface area contributed by atoms with Crippen molar-refractivity contribution in [2.45, 2.75) is 26.6 Å². The Hall–Kier alpha value is -2.45. The smallest absolute Gasteiger partial charge is 0.216 e. The van der Waals surface area contributed by atoms with E-state index in [9.17, 15) is 0 Å². The standard InChI is InChI=1S/C19H19BrN4O2S/c1-13(2)26-17-9-8-14(10-16(17)20)11-21-24-18(22-23-19(24)27)12-25-15-6-4-3-5-7-15/h3-11,13H,12H2,1-2H3,(H,23,27)/b21-11-. The number of hydrogen-bond donors (Lipinski definition) is 1. The highest BCUT2D eigenvalue weighted by Gasteiger charge is 2.07. The molecule has 0 spiro atoms. The molecule has 0 aliphatic rings. The van der Waals surface area contributed by atoms with Gasteiger partial charge >= 0.3 is 0 Å². The molecule has 3 rings (SSSR count). The summed E-state index contributed by atoms with van der Waals surface area (Å²) in [6, 6.07) is 15.3. The zero-order valence-corrected chi connectivity index (χ0v) is 17.3. The van der Waals surface area contributed by atoms with Crippen LogP contribution in [0.4, 0.5) is 0 Å². The SMILES string of the molecule is CC(C)Oc1ccc(/C=N\n2c(COc3ccccc3)n[nH]c2=S)cc1Br. The van der Waals surface area contributed by atoms with Crippen molar-refractivity contribution >= 4 is 34.4 Å². The molecule has 2 aromatic carbocycles. The summed E-state index contributed by atoms with van der Waals surface area (Å²) in [6.45, 7) is 4.22. The maximum atomic E-state index is 5.72. The van der Waals surface area contributed by atoms with Crippen LogP contribution in [0.2, 0.25) is 0 Å². The van der Waals surface area contributed by atoms with Crippen molar-refractivity contribution in [2.24, 2.45) is 5.10 Å². The minimum absolute atomic E-state index is 0.109. The Morgan fingerprint density at radius 3 is 2.74 bits per heavy atom. The van der Waals surface area contributed by atoms with Crippen molar-refractivity contribution in [3.63, 3.8) is 0 Å². The van der Waals surface area contributed by atoms with Gasteiger partial charge in [-0.25, -0.2) is 5.10 Å². The van der Waals surface area contributed by atoms with Crippen molar-refractivity contribution in [1.29, 1.82) is 0 Å². The zero-order chi connectivity index (χ0) is 19.2. The third-order valence-corrected chi connectivity index (χ3v) is 4.35. The molecule has 0 aliphatic carbocycles. The molecule has 0 saturated heterocycles. The van der Waals surface area contributed by atoms with E-state index < -0.39 is 0 Å². The maximum Gasteiger partial charge on any atom is 0.216 e. The molecular formula is C19H19BrN4O2S. The van der Waals surface area contributed by atoms with Crippen LogP contribution < -0.4 is 9.47 Å². The molecule has 3 aromatic rings. The normalized spacial score (nSPS) is 11.3. The van der Waals surface area contributed by atoms with E-state index >= 15 is 0 Å². The van der Waals surface area contributed by atoms with Gasteiger partial charge in [-0.05, 0) is 77.9 Å². The Bertz CT molecular complexity index is 983. The molecule has 1 N–H and O–H groups in total. The van der Waals surface area contributed by atoms with Gasteiger partial charge in [-0.15, -0.1) is 0 Å². The first-order valence-electron chi connectivity index (χ1n) is 8.37. The van der Waals surface area contributed by atoms with E-state index in [1.54, 1.807) is 10.9 Å². The number of benzene rings is 2. The quantitative estimate of drug-likeness (QED) is 0.411. The fourth-order valence-corrected chi connectivity index (χ4v) is 2.96. The summed E-state index contributed by atoms with van der Waals surface area (Å²) in [5, 5.41) is 11.4. The Balaban J connectivity index is 1.74. The first-order valence-corrected chi connectivity index (χ1v) is 9.58. The van der Waals surface area contributed by atoms with Crippen LogP contribution in [-0.2, 0) is 6.61 Å². The van der Waals surface area contributed by atoms with Crippen LogP contribution in [0, 0.1) is 4.77 Å². The van der Waals surface area contributed by atoms with Gasteiger partial charge in [0, 0.05) is 0 Å². The zero-order valence-electron chi connectivity index (χ0n) is 14.9. The average Bonchev–Trinajstić information content (AvgIpc) is 3.00. The van der Waals surface area contributed by atoms with E-state index in [1.165, 1.54) is 0 Å². The summed E-state index contributed by atoms with van der Waals surface area (Å²) >= 11 is 8.78. The highest BCUT2D eigenvalue weighted by atomic mass is 79.9. The van der Waals surface area contributed by atoms with Gasteiger partial charge < -0.3 is 9.47 Å². The van der Waals surface area contributed by atoms with E-state index in [2.05, 4.69) is 31.2 Å². The molecule has 0 saturated carbocycles. The number of H-pyrrole nitrogens is 1. The number of hydrogen-bond acceptors (Lipinski definition) is 5. The molecule has 0 atom stereocenters. The predicted octanol–water partition coefficient (Wildman–Crippen LogP) is 4.95. The Morgan fingerprint density at radius 1 is 1.26 bits per heavy atom. The van der Waals surface area contributed by atoms with E-state index in [0.717, 1.165) is 21.5 Å². The van der Waals surface area contributed by atoms with Gasteiger partial charge in [-0.3, -0.25) is 0 Å². The first-order chi connectivity index (χ1) is 13.0. The second-order valence-corrected chi connectivity index (χ2v) is 7.20. The topological polar surface area (TPSA) is 64.4 Å². The molecule has 6 nitrogen and oxygen atoms in total. The van der Waals surface area contributed by atoms with Crippen molar-refractivity contribution in [1.82, 2.24) is 14.9 Å². The van der Waals surface area contributed by atoms with Crippen LogP contribution in [0.25, 0.3) is 0 Å². The van der Waals surface area contributed by atoms with Crippen molar-refractivity contribution in [2.75, 3.05) is 0 Å². The number of nitrogens with zero attached hydrogens (tertiary/aromatic N) is 3. The highest BCUT2D eigenvalue weighted by molar-refractivity contribution is 9.10. The van der Waals surface area contributed by atoms with Crippen LogP contribution in [0.3, 0.4) is 0 Å². The van der Waals surface area contributed by atoms with Crippen molar-refractivity contribution in [3.05, 3.63) is 69.2 Å². The van der Waals surface area contributed by atoms with Gasteiger partial charge in [-0.1, -0.05) is 18.2 Å². The first kappa shape index (κ1) is 19.3. The van der Waals surface area contributed by atoms with Crippen molar-refractivity contribution < 1.29 is 9.47 Å². The molecule has 0 amide bonds. The average molecular weight is 447 g/mol. The summed E-state index contributed by atoms with van der Waals surface area (Å²) in [6.07, 6.45) is 1.82. The van der Waals surface area contributed by atoms with Gasteiger partial charge in [0.15, 0.2) is 5.82 Å². The van der Waals surface area contributed by atoms with Crippen LogP contribution in [0.5, 0.6) is 11.5 Å². The molecule has 0 bridgehead atoms. The fraction of sp³-hybridized carbons (Fsp3) is 0.211. The summed E-state index contributed by atoms with van der Waals surface area (Å²) in [5.74, 6) is 2.13. The fourth-order valence-electron chi connectivity index (χ4n) is 2.27. The monoisotopic (exact) mass is 446 g/mol. The van der Waals surface area contributed by atoms with Crippen LogP contribution >= 0.6 is 28.1 Å². The van der Waals surface area contributed by atoms with Crippen molar-refractivity contribution in [3.8, 4) is 11.5 Å². The molecule has 140 valence electrons. The van der Waals surface area contributed by atoms with E-state index in [1.807, 2.05) is 62.4 Å². The number of nitrogens with one attached hydrogen (secondary N) is 1. The number of aromatic amines is 1. The Kier molecular flexibility index (Phi) is 6.41. The van der Waals surface area contributed by atoms with Gasteiger partial charge in [0.1, 0.15) is 18.1 Å². The van der Waals surface area contributed by atoms with E-state index in [0.29, 0.717) is 10.6 Å². The van der Waals surface area contributed by atoms with Gasteiger partial charge in [-0.2, -0.15) is 14.9 Å². The number of rotatable bonds is 7. The highest BCUT2D eigenvalue weighted by Crippen LogP contribution is 2.26. The second kappa shape index (κ2) is 8.96. The van der Waals surface area contributed by atoms with Crippen LogP contribution in [-0.4, -0.2) is 27.2 Å². The lowest BCUT2D eigenvalue weighted by molar-refractivity contribution is 0.241. The molecule has 1 aromatic heterocycles. The number of halogens is 1. The molecule has 0 unspecified atom stereocenters. The van der Waals surface area contributed by atoms with Gasteiger partial charge in [0.05, 0.1) is 16.8 Å². The lowest BCUT2D eigenvalue weighted by atomic mass is 10.2. The lowest BCUT2D eigenvalue weighted by Gasteiger charge is -2.11. The van der Waals surface area contributed by atoms with Gasteiger partial charge in [0.2, 0.25) is 4.77 Å². The predicted molar refractivity (Wildman–Crippen MR) is 111 cm³/mol. The lowest BCUT2D eigenvalue weighted by Crippen LogP contribution is -2.06. The molecule has 1 heterocycles. The van der Waals surface area contributed by atoms with Crippen LogP contribution in [0.1, 0.15) is 25.2 Å².